The van der Waals surface area contributed by atoms with E-state index in [1.54, 1.807) is 12.1 Å². The van der Waals surface area contributed by atoms with E-state index in [9.17, 15) is 9.90 Å². The molecule has 1 amide bonds. The number of rotatable bonds is 7. The number of aliphatic hydroxyl groups excluding tert-OH is 1. The van der Waals surface area contributed by atoms with Crippen LogP contribution in [0.25, 0.3) is 5.65 Å². The lowest BCUT2D eigenvalue weighted by atomic mass is 9.93. The molecule has 0 spiro atoms. The smallest absolute Gasteiger partial charge is 0.276 e. The zero-order valence-electron chi connectivity index (χ0n) is 20.0. The van der Waals surface area contributed by atoms with Gasteiger partial charge in [-0.1, -0.05) is 11.6 Å². The van der Waals surface area contributed by atoms with Gasteiger partial charge in [0.2, 0.25) is 0 Å². The first kappa shape index (κ1) is 24.0. The number of aliphatic hydroxyl groups is 1. The van der Waals surface area contributed by atoms with E-state index in [1.165, 1.54) is 16.9 Å². The summed E-state index contributed by atoms with van der Waals surface area (Å²) in [6.45, 7) is 4.11. The van der Waals surface area contributed by atoms with E-state index in [2.05, 4.69) is 50.0 Å². The first-order valence-electron chi connectivity index (χ1n) is 11.9. The number of pyridine rings is 1. The molecule has 12 heteroatoms. The predicted molar refractivity (Wildman–Crippen MR) is 138 cm³/mol. The van der Waals surface area contributed by atoms with Gasteiger partial charge in [0.25, 0.3) is 5.91 Å². The number of hydrogen-bond donors (Lipinski definition) is 4. The molecule has 188 valence electrons. The van der Waals surface area contributed by atoms with E-state index in [4.69, 9.17) is 11.6 Å². The average molecular weight is 510 g/mol. The predicted octanol–water partition coefficient (Wildman–Crippen LogP) is 4.27. The molecular weight excluding hydrogens is 482 g/mol. The van der Waals surface area contributed by atoms with Crippen LogP contribution in [0.2, 0.25) is 5.15 Å². The van der Waals surface area contributed by atoms with Gasteiger partial charge in [-0.25, -0.2) is 14.5 Å². The van der Waals surface area contributed by atoms with Crippen molar-refractivity contribution >= 4 is 46.2 Å². The molecule has 0 aromatic carbocycles. The second-order valence-electron chi connectivity index (χ2n) is 9.19. The van der Waals surface area contributed by atoms with Crippen LogP contribution < -0.4 is 16.0 Å². The molecule has 4 aromatic heterocycles. The molecule has 36 heavy (non-hydrogen) atoms. The monoisotopic (exact) mass is 509 g/mol. The number of carbonyl (C=O) groups is 1. The maximum absolute atomic E-state index is 13.1. The number of hydrogen-bond acceptors (Lipinski definition) is 8. The van der Waals surface area contributed by atoms with Crippen LogP contribution in [0.5, 0.6) is 0 Å². The average Bonchev–Trinajstić information content (AvgIpc) is 3.48. The summed E-state index contributed by atoms with van der Waals surface area (Å²) in [6, 6.07) is 7.37. The molecule has 1 saturated carbocycles. The molecule has 0 bridgehead atoms. The van der Waals surface area contributed by atoms with Crippen LogP contribution in [0, 0.1) is 0 Å². The van der Waals surface area contributed by atoms with Crippen molar-refractivity contribution < 1.29 is 9.90 Å². The Hall–Kier alpha value is -3.70. The molecule has 0 atom stereocenters. The van der Waals surface area contributed by atoms with Gasteiger partial charge in [0.05, 0.1) is 18.0 Å². The second-order valence-corrected chi connectivity index (χ2v) is 9.58. The van der Waals surface area contributed by atoms with Gasteiger partial charge in [0, 0.05) is 42.3 Å². The molecule has 0 aliphatic heterocycles. The van der Waals surface area contributed by atoms with E-state index < -0.39 is 0 Å². The third kappa shape index (κ3) is 5.26. The van der Waals surface area contributed by atoms with Gasteiger partial charge in [-0.3, -0.25) is 9.48 Å². The highest BCUT2D eigenvalue weighted by Gasteiger charge is 2.22. The van der Waals surface area contributed by atoms with Crippen molar-refractivity contribution in [3.05, 3.63) is 53.7 Å². The Balaban J connectivity index is 1.49. The minimum absolute atomic E-state index is 0.172. The van der Waals surface area contributed by atoms with Crippen molar-refractivity contribution in [2.75, 3.05) is 16.0 Å². The highest BCUT2D eigenvalue weighted by Crippen LogP contribution is 2.27. The van der Waals surface area contributed by atoms with Gasteiger partial charge in [0.1, 0.15) is 11.0 Å². The van der Waals surface area contributed by atoms with E-state index in [0.29, 0.717) is 28.7 Å². The topological polar surface area (TPSA) is 134 Å². The quantitative estimate of drug-likeness (QED) is 0.271. The number of fused-ring (bicyclic) bond motifs is 1. The van der Waals surface area contributed by atoms with Crippen LogP contribution in [0.15, 0.2) is 42.9 Å². The molecule has 5 rings (SSSR count). The van der Waals surface area contributed by atoms with Crippen LogP contribution >= 0.6 is 11.6 Å². The lowest BCUT2D eigenvalue weighted by molar-refractivity contribution is 0.102. The summed E-state index contributed by atoms with van der Waals surface area (Å²) in [5.74, 6) is 0.864. The van der Waals surface area contributed by atoms with Gasteiger partial charge in [-0.15, -0.1) is 5.10 Å². The van der Waals surface area contributed by atoms with Gasteiger partial charge < -0.3 is 21.1 Å². The number of halogens is 1. The van der Waals surface area contributed by atoms with Crippen LogP contribution in [-0.4, -0.2) is 52.5 Å². The summed E-state index contributed by atoms with van der Waals surface area (Å²) in [6.07, 6.45) is 7.81. The molecule has 1 aliphatic carbocycles. The van der Waals surface area contributed by atoms with E-state index in [1.807, 2.05) is 23.0 Å². The molecule has 1 aliphatic rings. The van der Waals surface area contributed by atoms with Crippen LogP contribution in [0.4, 0.5) is 23.0 Å². The summed E-state index contributed by atoms with van der Waals surface area (Å²) in [5.41, 5.74) is 1.92. The lowest BCUT2D eigenvalue weighted by Gasteiger charge is -2.26. The molecular formula is C24H28ClN9O2. The minimum Gasteiger partial charge on any atom is -0.393 e. The van der Waals surface area contributed by atoms with Crippen molar-refractivity contribution in [1.29, 1.82) is 0 Å². The van der Waals surface area contributed by atoms with E-state index in [-0.39, 0.29) is 34.9 Å². The van der Waals surface area contributed by atoms with Crippen molar-refractivity contribution in [2.45, 2.75) is 57.7 Å². The first-order valence-corrected chi connectivity index (χ1v) is 12.3. The maximum Gasteiger partial charge on any atom is 0.276 e. The van der Waals surface area contributed by atoms with Gasteiger partial charge >= 0.3 is 0 Å². The Morgan fingerprint density at radius 1 is 1.11 bits per heavy atom. The molecule has 11 nitrogen and oxygen atoms in total. The summed E-state index contributed by atoms with van der Waals surface area (Å²) >= 11 is 5.96. The lowest BCUT2D eigenvalue weighted by Crippen LogP contribution is -2.29. The van der Waals surface area contributed by atoms with Gasteiger partial charge in [-0.05, 0) is 51.7 Å². The third-order valence-corrected chi connectivity index (χ3v) is 6.34. The van der Waals surface area contributed by atoms with Crippen LogP contribution in [0.1, 0.15) is 56.1 Å². The molecule has 0 radical (unpaired) electrons. The number of aromatic nitrogens is 6. The Bertz CT molecular complexity index is 1380. The van der Waals surface area contributed by atoms with Crippen LogP contribution in [-0.2, 0) is 0 Å². The highest BCUT2D eigenvalue weighted by atomic mass is 35.5. The van der Waals surface area contributed by atoms with Crippen molar-refractivity contribution in [1.82, 2.24) is 29.4 Å². The van der Waals surface area contributed by atoms with Crippen molar-refractivity contribution in [3.63, 3.8) is 0 Å². The van der Waals surface area contributed by atoms with Crippen molar-refractivity contribution in [2.24, 2.45) is 0 Å². The molecule has 0 unspecified atom stereocenters. The Labute approximate surface area is 212 Å². The van der Waals surface area contributed by atoms with E-state index in [0.717, 1.165) is 25.7 Å². The fourth-order valence-electron chi connectivity index (χ4n) is 4.22. The maximum atomic E-state index is 13.1. The fourth-order valence-corrected chi connectivity index (χ4v) is 4.39. The normalized spacial score (nSPS) is 17.9. The summed E-state index contributed by atoms with van der Waals surface area (Å²) in [5, 5.41) is 29.0. The standard InChI is InChI=1S/C24H28ClN9O2/c1-14(2)33-10-8-21(31-33)30-18-12-22(28-15-3-5-17(35)6-4-15)32-34-19(13-27-23(18)34)24(36)29-16-7-9-26-20(25)11-16/h7-15,17,35H,3-6H2,1-2H3,(H,28,32)(H,30,31)(H,26,29,36)/t15-,17-. The molecule has 4 heterocycles. The molecule has 4 N–H and O–H groups in total. The summed E-state index contributed by atoms with van der Waals surface area (Å²) < 4.78 is 3.37. The van der Waals surface area contributed by atoms with Gasteiger partial charge in [-0.2, -0.15) is 5.10 Å². The zero-order chi connectivity index (χ0) is 25.2. The molecule has 1 fully saturated rings. The number of nitrogens with one attached hydrogen (secondary N) is 3. The Kier molecular flexibility index (Phi) is 6.75. The summed E-state index contributed by atoms with van der Waals surface area (Å²) in [4.78, 5) is 21.5. The van der Waals surface area contributed by atoms with E-state index >= 15 is 0 Å². The molecule has 4 aromatic rings. The number of carbonyl (C=O) groups excluding carboxylic acids is 1. The zero-order valence-corrected chi connectivity index (χ0v) is 20.8. The minimum atomic E-state index is -0.384. The largest absolute Gasteiger partial charge is 0.393 e. The first-order chi connectivity index (χ1) is 17.4. The van der Waals surface area contributed by atoms with Crippen molar-refractivity contribution in [3.8, 4) is 0 Å². The second kappa shape index (κ2) is 10.1. The SMILES string of the molecule is CC(C)n1ccc(Nc2cc(N[C@H]3CC[C@H](O)CC3)nn3c(C(=O)Nc4ccnc(Cl)c4)cnc23)n1. The third-order valence-electron chi connectivity index (χ3n) is 6.13. The number of imidazole rings is 1. The Morgan fingerprint density at radius 2 is 1.92 bits per heavy atom. The summed E-state index contributed by atoms with van der Waals surface area (Å²) in [7, 11) is 0. The Morgan fingerprint density at radius 3 is 2.64 bits per heavy atom. The number of anilines is 4. The fraction of sp³-hybridized carbons (Fsp3) is 0.375. The number of amides is 1. The highest BCUT2D eigenvalue weighted by molar-refractivity contribution is 6.29. The number of nitrogens with zero attached hydrogens (tertiary/aromatic N) is 6. The van der Waals surface area contributed by atoms with Gasteiger partial charge in [0.15, 0.2) is 17.2 Å². The molecule has 0 saturated heterocycles. The van der Waals surface area contributed by atoms with Crippen LogP contribution in [0.3, 0.4) is 0 Å².